The average molecular weight is 289 g/mol. The maximum Gasteiger partial charge on any atom is 0.339 e. The lowest BCUT2D eigenvalue weighted by molar-refractivity contribution is -0.150. The van der Waals surface area contributed by atoms with Crippen LogP contribution in [0.2, 0.25) is 0 Å². The molecule has 0 spiro atoms. The van der Waals surface area contributed by atoms with E-state index in [4.69, 9.17) is 4.74 Å². The number of methoxy groups -OCH3 is 2. The topological polar surface area (TPSA) is 55.8 Å². The van der Waals surface area contributed by atoms with Gasteiger partial charge in [0.15, 0.2) is 6.10 Å². The summed E-state index contributed by atoms with van der Waals surface area (Å²) in [5.74, 6) is -0.685. The van der Waals surface area contributed by atoms with Crippen molar-refractivity contribution in [3.63, 3.8) is 0 Å². The highest BCUT2D eigenvalue weighted by Gasteiger charge is 2.21. The molecule has 1 atom stereocenters. The second-order valence-electron chi connectivity index (χ2n) is 3.20. The van der Waals surface area contributed by atoms with Crippen LogP contribution in [0.5, 0.6) is 0 Å². The summed E-state index contributed by atoms with van der Waals surface area (Å²) in [7, 11) is 2.79. The van der Waals surface area contributed by atoms with Gasteiger partial charge in [-0.3, -0.25) is 0 Å². The second kappa shape index (κ2) is 5.98. The second-order valence-corrected chi connectivity index (χ2v) is 4.12. The first-order chi connectivity index (χ1) is 7.60. The molecule has 0 aromatic heterocycles. The Labute approximate surface area is 102 Å². The molecule has 0 saturated heterocycles. The van der Waals surface area contributed by atoms with Gasteiger partial charge in [0.2, 0.25) is 0 Å². The van der Waals surface area contributed by atoms with E-state index < -0.39 is 12.1 Å². The molecule has 1 aromatic carbocycles. The highest BCUT2D eigenvalue weighted by molar-refractivity contribution is 9.10. The van der Waals surface area contributed by atoms with Gasteiger partial charge in [0.1, 0.15) is 0 Å². The van der Waals surface area contributed by atoms with Crippen LogP contribution < -0.4 is 0 Å². The third-order valence-electron chi connectivity index (χ3n) is 2.13. The molecule has 5 heteroatoms. The zero-order chi connectivity index (χ0) is 12.1. The highest BCUT2D eigenvalue weighted by Crippen LogP contribution is 2.24. The minimum Gasteiger partial charge on any atom is -0.467 e. The molecule has 0 saturated carbocycles. The van der Waals surface area contributed by atoms with Crippen LogP contribution in [-0.4, -0.2) is 25.3 Å². The van der Waals surface area contributed by atoms with Gasteiger partial charge in [0, 0.05) is 11.6 Å². The summed E-state index contributed by atoms with van der Waals surface area (Å²) in [5, 5.41) is 9.77. The number of carbonyl (C=O) groups excluding carboxylic acids is 1. The lowest BCUT2D eigenvalue weighted by Gasteiger charge is -2.13. The maximum atomic E-state index is 11.3. The van der Waals surface area contributed by atoms with E-state index in [0.29, 0.717) is 12.2 Å². The van der Waals surface area contributed by atoms with E-state index in [9.17, 15) is 9.90 Å². The van der Waals surface area contributed by atoms with Gasteiger partial charge in [-0.15, -0.1) is 0 Å². The minimum absolute atomic E-state index is 0.330. The molecule has 1 unspecified atom stereocenters. The van der Waals surface area contributed by atoms with E-state index >= 15 is 0 Å². The van der Waals surface area contributed by atoms with Gasteiger partial charge in [-0.05, 0) is 23.3 Å². The number of halogens is 1. The number of aliphatic hydroxyl groups excluding tert-OH is 1. The molecule has 16 heavy (non-hydrogen) atoms. The monoisotopic (exact) mass is 288 g/mol. The predicted molar refractivity (Wildman–Crippen MR) is 61.8 cm³/mol. The summed E-state index contributed by atoms with van der Waals surface area (Å²) in [4.78, 5) is 11.3. The third-order valence-corrected chi connectivity index (χ3v) is 2.62. The van der Waals surface area contributed by atoms with Crippen molar-refractivity contribution in [2.75, 3.05) is 14.2 Å². The number of hydrogen-bond acceptors (Lipinski definition) is 4. The van der Waals surface area contributed by atoms with Gasteiger partial charge in [0.05, 0.1) is 13.7 Å². The third kappa shape index (κ3) is 3.04. The molecule has 0 fully saturated rings. The van der Waals surface area contributed by atoms with Gasteiger partial charge < -0.3 is 14.6 Å². The lowest BCUT2D eigenvalue weighted by atomic mass is 10.0. The largest absolute Gasteiger partial charge is 0.467 e. The number of rotatable bonds is 4. The number of carbonyl (C=O) groups is 1. The Morgan fingerprint density at radius 1 is 1.50 bits per heavy atom. The molecule has 0 radical (unpaired) electrons. The zero-order valence-electron chi connectivity index (χ0n) is 9.07. The van der Waals surface area contributed by atoms with Crippen LogP contribution >= 0.6 is 15.9 Å². The summed E-state index contributed by atoms with van der Waals surface area (Å²) in [6.07, 6.45) is -1.28. The van der Waals surface area contributed by atoms with Crippen LogP contribution in [0.25, 0.3) is 0 Å². The van der Waals surface area contributed by atoms with Gasteiger partial charge in [0.25, 0.3) is 0 Å². The first-order valence-corrected chi connectivity index (χ1v) is 5.42. The van der Waals surface area contributed by atoms with Crippen LogP contribution in [0.15, 0.2) is 22.7 Å². The van der Waals surface area contributed by atoms with Crippen LogP contribution in [0, 0.1) is 0 Å². The molecule has 0 aliphatic heterocycles. The number of ether oxygens (including phenoxy) is 2. The van der Waals surface area contributed by atoms with E-state index in [1.807, 2.05) is 6.07 Å². The SMILES string of the molecule is COCc1ccc(Br)cc1C(O)C(=O)OC. The van der Waals surface area contributed by atoms with Crippen LogP contribution in [0.1, 0.15) is 17.2 Å². The molecule has 4 nitrogen and oxygen atoms in total. The Balaban J connectivity index is 3.08. The number of esters is 1. The Kier molecular flexibility index (Phi) is 4.92. The molecule has 1 N–H and O–H groups in total. The summed E-state index contributed by atoms with van der Waals surface area (Å²) < 4.78 is 10.3. The molecule has 1 aromatic rings. The minimum atomic E-state index is -1.28. The Morgan fingerprint density at radius 3 is 2.75 bits per heavy atom. The molecule has 0 heterocycles. The predicted octanol–water partition coefficient (Wildman–Crippen LogP) is 1.80. The molecule has 0 bridgehead atoms. The van der Waals surface area contributed by atoms with Gasteiger partial charge in [-0.2, -0.15) is 0 Å². The fourth-order valence-corrected chi connectivity index (χ4v) is 1.72. The molecule has 1 rings (SSSR count). The number of hydrogen-bond donors (Lipinski definition) is 1. The standard InChI is InChI=1S/C11H13BrO4/c1-15-6-7-3-4-8(12)5-9(7)10(13)11(14)16-2/h3-5,10,13H,6H2,1-2H3. The molecular formula is C11H13BrO4. The molecule has 0 amide bonds. The highest BCUT2D eigenvalue weighted by atomic mass is 79.9. The van der Waals surface area contributed by atoms with Crippen molar-refractivity contribution in [1.29, 1.82) is 0 Å². The van der Waals surface area contributed by atoms with Crippen molar-refractivity contribution >= 4 is 21.9 Å². The van der Waals surface area contributed by atoms with Gasteiger partial charge in [-0.1, -0.05) is 22.0 Å². The number of benzene rings is 1. The average Bonchev–Trinajstić information content (AvgIpc) is 2.29. The Bertz CT molecular complexity index is 378. The van der Waals surface area contributed by atoms with Crippen molar-refractivity contribution in [1.82, 2.24) is 0 Å². The smallest absolute Gasteiger partial charge is 0.339 e. The van der Waals surface area contributed by atoms with Crippen LogP contribution in [-0.2, 0) is 20.9 Å². The summed E-state index contributed by atoms with van der Waals surface area (Å²) in [6.45, 7) is 0.330. The van der Waals surface area contributed by atoms with Crippen molar-refractivity contribution in [3.05, 3.63) is 33.8 Å². The van der Waals surface area contributed by atoms with E-state index in [2.05, 4.69) is 20.7 Å². The molecule has 0 aliphatic carbocycles. The normalized spacial score (nSPS) is 12.2. The number of aliphatic hydroxyl groups is 1. The molecule has 88 valence electrons. The zero-order valence-corrected chi connectivity index (χ0v) is 10.7. The van der Waals surface area contributed by atoms with E-state index in [1.165, 1.54) is 7.11 Å². The van der Waals surface area contributed by atoms with Crippen LogP contribution in [0.4, 0.5) is 0 Å². The Morgan fingerprint density at radius 2 is 2.19 bits per heavy atom. The quantitative estimate of drug-likeness (QED) is 0.859. The Hall–Kier alpha value is -0.910. The van der Waals surface area contributed by atoms with E-state index in [0.717, 1.165) is 10.0 Å². The van der Waals surface area contributed by atoms with Crippen molar-refractivity contribution < 1.29 is 19.4 Å². The summed E-state index contributed by atoms with van der Waals surface area (Å²) in [6, 6.07) is 5.28. The van der Waals surface area contributed by atoms with Gasteiger partial charge in [-0.25, -0.2) is 4.79 Å². The fourth-order valence-electron chi connectivity index (χ4n) is 1.35. The van der Waals surface area contributed by atoms with E-state index in [1.54, 1.807) is 19.2 Å². The van der Waals surface area contributed by atoms with Gasteiger partial charge >= 0.3 is 5.97 Å². The maximum absolute atomic E-state index is 11.3. The van der Waals surface area contributed by atoms with Crippen molar-refractivity contribution in [3.8, 4) is 0 Å². The van der Waals surface area contributed by atoms with Crippen molar-refractivity contribution in [2.45, 2.75) is 12.7 Å². The summed E-state index contributed by atoms with van der Waals surface area (Å²) >= 11 is 3.28. The first-order valence-electron chi connectivity index (χ1n) is 4.63. The van der Waals surface area contributed by atoms with Crippen molar-refractivity contribution in [2.24, 2.45) is 0 Å². The lowest BCUT2D eigenvalue weighted by Crippen LogP contribution is -2.15. The molecule has 0 aliphatic rings. The van der Waals surface area contributed by atoms with Crippen LogP contribution in [0.3, 0.4) is 0 Å². The van der Waals surface area contributed by atoms with E-state index in [-0.39, 0.29) is 0 Å². The molecular weight excluding hydrogens is 276 g/mol. The first kappa shape index (κ1) is 13.2. The fraction of sp³-hybridized carbons (Fsp3) is 0.364. The summed E-state index contributed by atoms with van der Waals surface area (Å²) in [5.41, 5.74) is 1.24.